The smallest absolute Gasteiger partial charge is 0.341 e. The van der Waals surface area contributed by atoms with E-state index in [0.29, 0.717) is 10.6 Å². The zero-order valence-corrected chi connectivity index (χ0v) is 23.6. The van der Waals surface area contributed by atoms with E-state index in [-0.39, 0.29) is 38.8 Å². The third-order valence-corrected chi connectivity index (χ3v) is 8.22. The maximum absolute atomic E-state index is 15.5. The normalized spacial score (nSPS) is 22.5. The molecule has 3 aromatic carbocycles. The Kier molecular flexibility index (Phi) is 7.56. The molecule has 4 N–H and O–H groups in total. The molecule has 5 rings (SSSR count). The Bertz CT molecular complexity index is 1670. The number of hydrogen-bond donors (Lipinski definition) is 3. The molecule has 4 atom stereocenters. The minimum atomic E-state index is -1.86. The highest BCUT2D eigenvalue weighted by Crippen LogP contribution is 2.54. The number of nitrogen functional groups attached to an aromatic ring is 1. The van der Waals surface area contributed by atoms with Crippen molar-refractivity contribution in [3.05, 3.63) is 96.8 Å². The zero-order valence-electron chi connectivity index (χ0n) is 22.1. The second kappa shape index (κ2) is 10.9. The van der Waals surface area contributed by atoms with Crippen LogP contribution in [0.15, 0.2) is 48.5 Å². The molecular weight excluding hydrogens is 594 g/mol. The summed E-state index contributed by atoms with van der Waals surface area (Å²) in [6.07, 6.45) is -0.521. The van der Waals surface area contributed by atoms with Crippen LogP contribution in [0.1, 0.15) is 44.2 Å². The molecule has 3 aromatic rings. The van der Waals surface area contributed by atoms with Gasteiger partial charge in [-0.05, 0) is 30.3 Å². The van der Waals surface area contributed by atoms with Gasteiger partial charge in [0.1, 0.15) is 22.7 Å². The van der Waals surface area contributed by atoms with E-state index in [1.54, 1.807) is 0 Å². The Morgan fingerprint density at radius 3 is 2.55 bits per heavy atom. The van der Waals surface area contributed by atoms with Crippen molar-refractivity contribution in [3.63, 3.8) is 0 Å². The topological polar surface area (TPSA) is 163 Å². The first-order chi connectivity index (χ1) is 19.9. The molecule has 1 unspecified atom stereocenters. The fraction of sp³-hybridized carbons (Fsp3) is 0.250. The van der Waals surface area contributed by atoms with Crippen molar-refractivity contribution in [1.29, 1.82) is 0 Å². The van der Waals surface area contributed by atoms with Crippen molar-refractivity contribution in [2.75, 3.05) is 25.3 Å². The molecule has 218 valence electrons. The molecule has 0 aromatic heterocycles. The van der Waals surface area contributed by atoms with Crippen LogP contribution >= 0.6 is 23.2 Å². The van der Waals surface area contributed by atoms with Crippen LogP contribution in [0.25, 0.3) is 0 Å². The average Bonchev–Trinajstić information content (AvgIpc) is 3.42. The van der Waals surface area contributed by atoms with Crippen LogP contribution in [-0.2, 0) is 15.1 Å². The molecule has 2 aliphatic heterocycles. The number of nitro groups is 1. The molecule has 0 bridgehead atoms. The third-order valence-electron chi connectivity index (χ3n) is 7.69. The number of ether oxygens (including phenoxy) is 2. The molecule has 2 heterocycles. The van der Waals surface area contributed by atoms with E-state index in [9.17, 15) is 24.5 Å². The fourth-order valence-corrected chi connectivity index (χ4v) is 6.27. The highest BCUT2D eigenvalue weighted by Gasteiger charge is 2.67. The van der Waals surface area contributed by atoms with Gasteiger partial charge in [0.25, 0.3) is 0 Å². The number of nitrogens with two attached hydrogens (primary N) is 1. The number of Topliss-reactive ketones (excluding diaryl/α,β-unsaturated/α-hetero) is 1. The van der Waals surface area contributed by atoms with Crippen molar-refractivity contribution in [2.24, 2.45) is 0 Å². The van der Waals surface area contributed by atoms with Gasteiger partial charge in [0.2, 0.25) is 11.9 Å². The second-order valence-electron chi connectivity index (χ2n) is 9.86. The van der Waals surface area contributed by atoms with Crippen LogP contribution in [0.3, 0.4) is 0 Å². The van der Waals surface area contributed by atoms with Crippen LogP contribution in [0.5, 0.6) is 5.75 Å². The largest absolute Gasteiger partial charge is 0.496 e. The van der Waals surface area contributed by atoms with E-state index in [4.69, 9.17) is 38.4 Å². The van der Waals surface area contributed by atoms with Gasteiger partial charge in [0, 0.05) is 44.4 Å². The second-order valence-corrected chi connectivity index (χ2v) is 10.7. The fourth-order valence-electron chi connectivity index (χ4n) is 5.92. The van der Waals surface area contributed by atoms with Gasteiger partial charge in [-0.25, -0.2) is 9.18 Å². The first-order valence-corrected chi connectivity index (χ1v) is 13.3. The Morgan fingerprint density at radius 2 is 1.88 bits per heavy atom. The van der Waals surface area contributed by atoms with Gasteiger partial charge in [-0.15, -0.1) is 0 Å². The number of benzene rings is 3. The number of nitrogens with one attached hydrogen (secondary N) is 2. The van der Waals surface area contributed by atoms with Crippen molar-refractivity contribution in [1.82, 2.24) is 5.32 Å². The number of halogens is 3. The summed E-state index contributed by atoms with van der Waals surface area (Å²) in [5.41, 5.74) is 4.46. The number of carbonyl (C=O) groups excluding carboxylic acids is 3. The Hall–Kier alpha value is -4.26. The maximum atomic E-state index is 15.5. The highest BCUT2D eigenvalue weighted by atomic mass is 35.5. The minimum Gasteiger partial charge on any atom is -0.496 e. The number of esters is 1. The molecular formula is C28H23Cl2FN4O7. The summed E-state index contributed by atoms with van der Waals surface area (Å²) in [5.74, 6) is -4.44. The summed E-state index contributed by atoms with van der Waals surface area (Å²) in [5, 5.41) is 18.4. The van der Waals surface area contributed by atoms with Crippen LogP contribution in [0, 0.1) is 15.9 Å². The van der Waals surface area contributed by atoms with Gasteiger partial charge in [0.05, 0.1) is 31.2 Å². The molecule has 0 radical (unpaired) electrons. The summed E-state index contributed by atoms with van der Waals surface area (Å²) in [7, 11) is 2.45. The van der Waals surface area contributed by atoms with E-state index in [0.717, 1.165) is 0 Å². The number of methoxy groups -OCH3 is 2. The monoisotopic (exact) mass is 616 g/mol. The van der Waals surface area contributed by atoms with E-state index < -0.39 is 58.4 Å². The summed E-state index contributed by atoms with van der Waals surface area (Å²) in [6, 6.07) is 8.03. The molecule has 1 fully saturated rings. The number of fused-ring (bicyclic) bond motifs is 2. The van der Waals surface area contributed by atoms with E-state index in [1.165, 1.54) is 62.8 Å². The molecule has 1 amide bonds. The quantitative estimate of drug-likeness (QED) is 0.115. The van der Waals surface area contributed by atoms with Gasteiger partial charge in [-0.2, -0.15) is 0 Å². The summed E-state index contributed by atoms with van der Waals surface area (Å²) < 4.78 is 25.5. The Balaban J connectivity index is 1.64. The summed E-state index contributed by atoms with van der Waals surface area (Å²) >= 11 is 12.2. The number of carbonyl (C=O) groups is 3. The molecule has 42 heavy (non-hydrogen) atoms. The van der Waals surface area contributed by atoms with Crippen molar-refractivity contribution in [3.8, 4) is 5.75 Å². The van der Waals surface area contributed by atoms with Gasteiger partial charge >= 0.3 is 5.97 Å². The van der Waals surface area contributed by atoms with Gasteiger partial charge in [-0.3, -0.25) is 25.0 Å². The molecule has 0 aliphatic carbocycles. The van der Waals surface area contributed by atoms with Crippen LogP contribution < -0.4 is 21.1 Å². The number of rotatable bonds is 7. The van der Waals surface area contributed by atoms with Crippen LogP contribution in [0.4, 0.5) is 15.8 Å². The molecule has 1 spiro atoms. The minimum absolute atomic E-state index is 0.000861. The van der Waals surface area contributed by atoms with Crippen molar-refractivity contribution in [2.45, 2.75) is 30.0 Å². The number of amides is 1. The summed E-state index contributed by atoms with van der Waals surface area (Å²) in [4.78, 5) is 51.5. The number of anilines is 2. The predicted molar refractivity (Wildman–Crippen MR) is 151 cm³/mol. The first-order valence-electron chi connectivity index (χ1n) is 12.5. The van der Waals surface area contributed by atoms with E-state index >= 15 is 4.39 Å². The van der Waals surface area contributed by atoms with Gasteiger partial charge in [0.15, 0.2) is 5.78 Å². The van der Waals surface area contributed by atoms with Crippen LogP contribution in [0.2, 0.25) is 10.0 Å². The Labute approximate surface area is 248 Å². The van der Waals surface area contributed by atoms with Gasteiger partial charge in [-0.1, -0.05) is 41.4 Å². The first kappa shape index (κ1) is 29.2. The van der Waals surface area contributed by atoms with E-state index in [1.807, 2.05) is 0 Å². The van der Waals surface area contributed by atoms with Crippen molar-refractivity contribution >= 4 is 52.2 Å². The Morgan fingerprint density at radius 1 is 1.14 bits per heavy atom. The van der Waals surface area contributed by atoms with Crippen molar-refractivity contribution < 1.29 is 33.2 Å². The van der Waals surface area contributed by atoms with Crippen LogP contribution in [-0.4, -0.2) is 48.9 Å². The maximum Gasteiger partial charge on any atom is 0.341 e. The molecule has 1 saturated heterocycles. The molecule has 2 aliphatic rings. The van der Waals surface area contributed by atoms with Gasteiger partial charge < -0.3 is 20.5 Å². The number of ketones is 1. The molecule has 11 nitrogen and oxygen atoms in total. The molecule has 14 heteroatoms. The predicted octanol–water partition coefficient (Wildman–Crippen LogP) is 4.33. The lowest BCUT2D eigenvalue weighted by molar-refractivity contribution is -0.526. The SMILES string of the molecule is COC(=O)c1cc(N)c(C(=O)C[C@@H]2N[C@@]3(C(=O)Nc4cc(Cl)ccc43)[C@@H](c3cccc(Cl)c3F)C2[N+](=O)[O-])cc1OC. The zero-order chi connectivity index (χ0) is 30.5. The number of hydrogen-bond acceptors (Lipinski definition) is 9. The average molecular weight is 617 g/mol. The summed E-state index contributed by atoms with van der Waals surface area (Å²) in [6.45, 7) is 0. The van der Waals surface area contributed by atoms with E-state index in [2.05, 4.69) is 10.6 Å². The lowest BCUT2D eigenvalue weighted by atomic mass is 9.74. The lowest BCUT2D eigenvalue weighted by Crippen LogP contribution is -2.49. The highest BCUT2D eigenvalue weighted by molar-refractivity contribution is 6.31. The number of nitrogens with zero attached hydrogens (tertiary/aromatic N) is 1. The lowest BCUT2D eigenvalue weighted by Gasteiger charge is -2.30. The molecule has 0 saturated carbocycles. The third kappa shape index (κ3) is 4.52. The standard InChI is InChI=1S/C28H23Cl2FN4O7/c1-41-22-10-14(18(32)9-15(22)26(37)42-2)21(36)11-20-25(35(39)40)23(13-4-3-5-17(30)24(13)31)28(34-20)16-7-6-12(29)8-19(16)33-27(28)38/h3-10,20,23,25,34H,11,32H2,1-2H3,(H,33,38)/t20-,23-,25?,28+/m0/s1.